The normalized spacial score (nSPS) is 13.3. The fraction of sp³-hybridized carbons (Fsp3) is 0.167. The molecule has 1 unspecified atom stereocenters. The predicted octanol–water partition coefficient (Wildman–Crippen LogP) is 10.1. The van der Waals surface area contributed by atoms with Crippen molar-refractivity contribution in [3.05, 3.63) is 189 Å². The molecule has 55 heavy (non-hydrogen) atoms. The Morgan fingerprint density at radius 1 is 0.564 bits per heavy atom. The van der Waals surface area contributed by atoms with Crippen LogP contribution in [0.1, 0.15) is 94.2 Å². The van der Waals surface area contributed by atoms with Crippen LogP contribution >= 0.6 is 0 Å². The molecular weight excluding hydrogens is 685 g/mol. The highest BCUT2D eigenvalue weighted by Gasteiger charge is 2.42. The van der Waals surface area contributed by atoms with E-state index in [9.17, 15) is 19.2 Å². The Balaban J connectivity index is 1.31. The minimum Gasteiger partial charge on any atom is -0.457 e. The molecule has 0 bridgehead atoms. The number of aryl methyl sites for hydroxylation is 3. The van der Waals surface area contributed by atoms with Crippen LogP contribution in [0.5, 0.6) is 11.5 Å². The first kappa shape index (κ1) is 36.7. The quantitative estimate of drug-likeness (QED) is 0.0794. The van der Waals surface area contributed by atoms with Gasteiger partial charge in [-0.25, -0.2) is 4.90 Å². The van der Waals surface area contributed by atoms with Crippen LogP contribution < -0.4 is 14.5 Å². The van der Waals surface area contributed by atoms with Crippen molar-refractivity contribution in [2.24, 2.45) is 0 Å². The van der Waals surface area contributed by atoms with Crippen LogP contribution in [0, 0.1) is 20.8 Å². The van der Waals surface area contributed by atoms with Crippen molar-refractivity contribution in [3.8, 4) is 11.5 Å². The summed E-state index contributed by atoms with van der Waals surface area (Å²) in [6, 6.07) is 41.0. The van der Waals surface area contributed by atoms with Crippen molar-refractivity contribution in [2.75, 3.05) is 23.9 Å². The standard InChI is InChI=1S/C48H42N2O5/c1-29-13-11-12-16-43(29)48(34-14-9-8-10-15-34,35-17-23-44(49(6)7)30(2)25-35)36-18-24-45(31(3)26-36)50-46(53)40-22-20-38(28-42(40)47(50)54)55-37-19-21-39(32(4)51)41(27-37)33(5)52/h8-28H,1-7H3. The molecule has 7 nitrogen and oxygen atoms in total. The van der Waals surface area contributed by atoms with E-state index in [1.165, 1.54) is 24.8 Å². The van der Waals surface area contributed by atoms with E-state index >= 15 is 0 Å². The minimum atomic E-state index is -0.732. The lowest BCUT2D eigenvalue weighted by Crippen LogP contribution is -2.33. The van der Waals surface area contributed by atoms with Crippen LogP contribution in [0.3, 0.4) is 0 Å². The van der Waals surface area contributed by atoms with E-state index < -0.39 is 17.2 Å². The molecule has 1 heterocycles. The number of anilines is 2. The van der Waals surface area contributed by atoms with Gasteiger partial charge < -0.3 is 9.64 Å². The molecule has 0 N–H and O–H groups in total. The zero-order chi connectivity index (χ0) is 39.2. The van der Waals surface area contributed by atoms with Crippen LogP contribution in [0.15, 0.2) is 127 Å². The van der Waals surface area contributed by atoms with Crippen molar-refractivity contribution in [3.63, 3.8) is 0 Å². The number of imide groups is 1. The topological polar surface area (TPSA) is 84.0 Å². The summed E-state index contributed by atoms with van der Waals surface area (Å²) in [5.74, 6) is -0.718. The Kier molecular flexibility index (Phi) is 9.57. The Morgan fingerprint density at radius 2 is 1.16 bits per heavy atom. The number of carbonyl (C=O) groups excluding carboxylic acids is 4. The number of Topliss-reactive ketones (excluding diaryl/α,β-unsaturated/α-hetero) is 2. The summed E-state index contributed by atoms with van der Waals surface area (Å²) in [6.45, 7) is 8.99. The molecule has 6 aromatic carbocycles. The van der Waals surface area contributed by atoms with E-state index in [4.69, 9.17) is 4.74 Å². The third kappa shape index (κ3) is 6.31. The minimum absolute atomic E-state index is 0.216. The molecule has 0 aliphatic carbocycles. The molecule has 0 aromatic heterocycles. The summed E-state index contributed by atoms with van der Waals surface area (Å²) in [7, 11) is 4.09. The molecule has 0 saturated heterocycles. The Hall–Kier alpha value is -6.60. The number of ketones is 2. The summed E-state index contributed by atoms with van der Waals surface area (Å²) in [4.78, 5) is 55.7. The molecule has 274 valence electrons. The number of carbonyl (C=O) groups is 4. The van der Waals surface area contributed by atoms with Gasteiger partial charge in [-0.3, -0.25) is 19.2 Å². The summed E-state index contributed by atoms with van der Waals surface area (Å²) < 4.78 is 6.05. The van der Waals surface area contributed by atoms with Gasteiger partial charge in [-0.05, 0) is 122 Å². The number of hydrogen-bond donors (Lipinski definition) is 0. The molecule has 0 radical (unpaired) electrons. The van der Waals surface area contributed by atoms with Crippen LogP contribution in [-0.4, -0.2) is 37.5 Å². The number of amides is 2. The summed E-state index contributed by atoms with van der Waals surface area (Å²) >= 11 is 0. The van der Waals surface area contributed by atoms with Gasteiger partial charge in [0.05, 0.1) is 22.2 Å². The predicted molar refractivity (Wildman–Crippen MR) is 217 cm³/mol. The number of hydrogen-bond acceptors (Lipinski definition) is 6. The third-order valence-electron chi connectivity index (χ3n) is 10.6. The molecule has 1 aliphatic heterocycles. The zero-order valence-corrected chi connectivity index (χ0v) is 32.1. The molecule has 1 atom stereocenters. The summed E-state index contributed by atoms with van der Waals surface area (Å²) in [6.07, 6.45) is 0. The molecule has 1 aliphatic rings. The highest BCUT2D eigenvalue weighted by molar-refractivity contribution is 6.34. The van der Waals surface area contributed by atoms with E-state index in [0.29, 0.717) is 22.7 Å². The molecule has 6 aromatic rings. The fourth-order valence-electron chi connectivity index (χ4n) is 8.00. The summed E-state index contributed by atoms with van der Waals surface area (Å²) in [5, 5.41) is 0. The van der Waals surface area contributed by atoms with Crippen molar-refractivity contribution in [1.82, 2.24) is 0 Å². The Bertz CT molecular complexity index is 2540. The second kappa shape index (κ2) is 14.3. The van der Waals surface area contributed by atoms with Gasteiger partial charge in [-0.15, -0.1) is 0 Å². The lowest BCUT2D eigenvalue weighted by Gasteiger charge is -2.39. The number of nitrogens with zero attached hydrogens (tertiary/aromatic N) is 2. The average Bonchev–Trinajstić information content (AvgIpc) is 3.40. The maximum Gasteiger partial charge on any atom is 0.266 e. The van der Waals surface area contributed by atoms with Gasteiger partial charge in [-0.1, -0.05) is 78.9 Å². The highest BCUT2D eigenvalue weighted by atomic mass is 16.5. The number of rotatable bonds is 10. The van der Waals surface area contributed by atoms with E-state index in [0.717, 1.165) is 44.6 Å². The van der Waals surface area contributed by atoms with Crippen LogP contribution in [0.25, 0.3) is 0 Å². The van der Waals surface area contributed by atoms with Crippen LogP contribution in [0.2, 0.25) is 0 Å². The number of ether oxygens (including phenoxy) is 1. The lowest BCUT2D eigenvalue weighted by atomic mass is 9.63. The van der Waals surface area contributed by atoms with Gasteiger partial charge in [-0.2, -0.15) is 0 Å². The van der Waals surface area contributed by atoms with Crippen molar-refractivity contribution in [1.29, 1.82) is 0 Å². The summed E-state index contributed by atoms with van der Waals surface area (Å²) in [5.41, 5.74) is 9.30. The Morgan fingerprint density at radius 3 is 1.80 bits per heavy atom. The van der Waals surface area contributed by atoms with Gasteiger partial charge in [0.15, 0.2) is 11.6 Å². The van der Waals surface area contributed by atoms with Gasteiger partial charge >= 0.3 is 0 Å². The maximum absolute atomic E-state index is 14.1. The first-order valence-corrected chi connectivity index (χ1v) is 18.2. The van der Waals surface area contributed by atoms with Gasteiger partial charge in [0.1, 0.15) is 11.5 Å². The number of benzene rings is 6. The van der Waals surface area contributed by atoms with Crippen molar-refractivity contribution in [2.45, 2.75) is 40.0 Å². The van der Waals surface area contributed by atoms with Crippen LogP contribution in [-0.2, 0) is 5.41 Å². The van der Waals surface area contributed by atoms with E-state index in [1.807, 2.05) is 39.2 Å². The van der Waals surface area contributed by atoms with E-state index in [2.05, 4.69) is 91.5 Å². The van der Waals surface area contributed by atoms with Crippen LogP contribution in [0.4, 0.5) is 11.4 Å². The monoisotopic (exact) mass is 726 g/mol. The first-order valence-electron chi connectivity index (χ1n) is 18.2. The molecular formula is C48H42N2O5. The zero-order valence-electron chi connectivity index (χ0n) is 32.1. The fourth-order valence-corrected chi connectivity index (χ4v) is 8.00. The molecule has 0 saturated carbocycles. The number of fused-ring (bicyclic) bond motifs is 1. The van der Waals surface area contributed by atoms with Crippen molar-refractivity contribution < 1.29 is 23.9 Å². The van der Waals surface area contributed by atoms with E-state index in [-0.39, 0.29) is 28.3 Å². The van der Waals surface area contributed by atoms with Crippen molar-refractivity contribution >= 4 is 34.8 Å². The second-order valence-electron chi connectivity index (χ2n) is 14.4. The molecule has 0 spiro atoms. The Labute approximate surface area is 321 Å². The third-order valence-corrected chi connectivity index (χ3v) is 10.6. The van der Waals surface area contributed by atoms with Gasteiger partial charge in [0.25, 0.3) is 11.8 Å². The maximum atomic E-state index is 14.1. The van der Waals surface area contributed by atoms with E-state index in [1.54, 1.807) is 30.3 Å². The molecule has 7 rings (SSSR count). The highest BCUT2D eigenvalue weighted by Crippen LogP contribution is 2.48. The smallest absolute Gasteiger partial charge is 0.266 e. The second-order valence-corrected chi connectivity index (χ2v) is 14.4. The molecule has 0 fully saturated rings. The lowest BCUT2D eigenvalue weighted by molar-refractivity contribution is 0.0923. The SMILES string of the molecule is CC(=O)c1ccc(Oc2ccc3c(c2)C(=O)N(c2ccc(C(c4ccccc4)(c4ccc(N(C)C)c(C)c4)c4ccccc4C)cc2C)C3=O)cc1C(C)=O. The molecule has 2 amide bonds. The average molecular weight is 727 g/mol. The first-order chi connectivity index (χ1) is 26.3. The largest absolute Gasteiger partial charge is 0.457 e. The molecule has 7 heteroatoms. The van der Waals surface area contributed by atoms with Gasteiger partial charge in [0, 0.05) is 30.9 Å². The van der Waals surface area contributed by atoms with Gasteiger partial charge in [0.2, 0.25) is 0 Å².